The Kier molecular flexibility index (Phi) is 3.36. The molecular weight excluding hydrogens is 228 g/mol. The molecule has 18 heavy (non-hydrogen) atoms. The van der Waals surface area contributed by atoms with Crippen LogP contribution >= 0.6 is 0 Å². The smallest absolute Gasteiger partial charge is 0.226 e. The summed E-state index contributed by atoms with van der Waals surface area (Å²) in [7, 11) is 0. The first-order valence-electron chi connectivity index (χ1n) is 6.13. The van der Waals surface area contributed by atoms with Crippen LogP contribution in [0.1, 0.15) is 25.8 Å². The van der Waals surface area contributed by atoms with Crippen LogP contribution in [-0.2, 0) is 15.1 Å². The van der Waals surface area contributed by atoms with Gasteiger partial charge in [0.1, 0.15) is 0 Å². The van der Waals surface area contributed by atoms with Gasteiger partial charge in [-0.25, -0.2) is 0 Å². The maximum atomic E-state index is 12.1. The molecule has 0 bridgehead atoms. The van der Waals surface area contributed by atoms with Crippen molar-refractivity contribution in [3.05, 3.63) is 35.9 Å². The molecule has 4 nitrogen and oxygen atoms in total. The lowest BCUT2D eigenvalue weighted by Crippen LogP contribution is -2.44. The minimum absolute atomic E-state index is 0.0485. The molecule has 0 saturated carbocycles. The zero-order valence-corrected chi connectivity index (χ0v) is 10.7. The van der Waals surface area contributed by atoms with Gasteiger partial charge in [0.2, 0.25) is 11.8 Å². The van der Waals surface area contributed by atoms with E-state index in [2.05, 4.69) is 10.6 Å². The molecule has 1 unspecified atom stereocenters. The average molecular weight is 246 g/mol. The third-order valence-electron chi connectivity index (χ3n) is 3.28. The number of amides is 2. The molecule has 1 aromatic carbocycles. The third kappa shape index (κ3) is 2.70. The highest BCUT2D eigenvalue weighted by Gasteiger charge is 2.31. The molecule has 1 aliphatic heterocycles. The van der Waals surface area contributed by atoms with Gasteiger partial charge in [0.15, 0.2) is 0 Å². The number of nitrogens with one attached hydrogen (secondary N) is 2. The summed E-state index contributed by atoms with van der Waals surface area (Å²) in [4.78, 5) is 23.2. The summed E-state index contributed by atoms with van der Waals surface area (Å²) in [6.45, 7) is 4.37. The Balaban J connectivity index is 2.04. The largest absolute Gasteiger partial charge is 0.355 e. The average Bonchev–Trinajstić information content (AvgIpc) is 2.77. The zero-order valence-electron chi connectivity index (χ0n) is 10.7. The van der Waals surface area contributed by atoms with Crippen molar-refractivity contribution in [3.8, 4) is 0 Å². The molecule has 0 aliphatic carbocycles. The molecule has 0 spiro atoms. The fourth-order valence-electron chi connectivity index (χ4n) is 2.13. The second-order valence-electron chi connectivity index (χ2n) is 5.19. The Labute approximate surface area is 107 Å². The van der Waals surface area contributed by atoms with Crippen LogP contribution in [-0.4, -0.2) is 18.4 Å². The van der Waals surface area contributed by atoms with Crippen LogP contribution in [0, 0.1) is 5.92 Å². The normalized spacial score (nSPS) is 19.4. The molecule has 1 heterocycles. The van der Waals surface area contributed by atoms with Crippen molar-refractivity contribution in [3.63, 3.8) is 0 Å². The predicted octanol–water partition coefficient (Wildman–Crippen LogP) is 1.17. The van der Waals surface area contributed by atoms with Crippen LogP contribution in [0.15, 0.2) is 30.3 Å². The summed E-state index contributed by atoms with van der Waals surface area (Å²) in [5.41, 5.74) is 0.625. The Bertz CT molecular complexity index is 454. The molecule has 2 N–H and O–H groups in total. The first kappa shape index (κ1) is 12.6. The van der Waals surface area contributed by atoms with Crippen LogP contribution in [0.3, 0.4) is 0 Å². The van der Waals surface area contributed by atoms with Gasteiger partial charge < -0.3 is 10.6 Å². The van der Waals surface area contributed by atoms with Gasteiger partial charge >= 0.3 is 0 Å². The number of carbonyl (C=O) groups excluding carboxylic acids is 2. The monoisotopic (exact) mass is 246 g/mol. The van der Waals surface area contributed by atoms with E-state index in [0.717, 1.165) is 5.56 Å². The van der Waals surface area contributed by atoms with Crippen molar-refractivity contribution < 1.29 is 9.59 Å². The molecule has 1 aliphatic rings. The topological polar surface area (TPSA) is 58.2 Å². The van der Waals surface area contributed by atoms with Crippen molar-refractivity contribution in [2.45, 2.75) is 25.8 Å². The van der Waals surface area contributed by atoms with Crippen molar-refractivity contribution in [2.75, 3.05) is 6.54 Å². The summed E-state index contributed by atoms with van der Waals surface area (Å²) in [5.74, 6) is -0.365. The summed E-state index contributed by atoms with van der Waals surface area (Å²) in [6, 6.07) is 9.81. The van der Waals surface area contributed by atoms with Crippen LogP contribution in [0.25, 0.3) is 0 Å². The maximum Gasteiger partial charge on any atom is 0.226 e. The SMILES string of the molecule is CC(C)(NC(=O)C1CNC(=O)C1)c1ccccc1. The molecule has 2 amide bonds. The third-order valence-corrected chi connectivity index (χ3v) is 3.28. The molecule has 0 aromatic heterocycles. The van der Waals surface area contributed by atoms with E-state index >= 15 is 0 Å². The Hall–Kier alpha value is -1.84. The second kappa shape index (κ2) is 4.80. The minimum atomic E-state index is -0.427. The van der Waals surface area contributed by atoms with Gasteiger partial charge in [0, 0.05) is 13.0 Å². The highest BCUT2D eigenvalue weighted by Crippen LogP contribution is 2.21. The summed E-state index contributed by atoms with van der Waals surface area (Å²) in [5, 5.41) is 5.68. The van der Waals surface area contributed by atoms with E-state index in [1.165, 1.54) is 0 Å². The van der Waals surface area contributed by atoms with E-state index < -0.39 is 5.54 Å². The molecule has 1 atom stereocenters. The minimum Gasteiger partial charge on any atom is -0.355 e. The van der Waals surface area contributed by atoms with Crippen LogP contribution in [0.4, 0.5) is 0 Å². The van der Waals surface area contributed by atoms with E-state index in [4.69, 9.17) is 0 Å². The Morgan fingerprint density at radius 1 is 1.33 bits per heavy atom. The Morgan fingerprint density at radius 2 is 2.00 bits per heavy atom. The molecule has 1 aromatic rings. The van der Waals surface area contributed by atoms with E-state index in [1.54, 1.807) is 0 Å². The van der Waals surface area contributed by atoms with Gasteiger partial charge in [-0.2, -0.15) is 0 Å². The highest BCUT2D eigenvalue weighted by atomic mass is 16.2. The number of hydrogen-bond donors (Lipinski definition) is 2. The van der Waals surface area contributed by atoms with Crippen molar-refractivity contribution in [1.29, 1.82) is 0 Å². The van der Waals surface area contributed by atoms with Gasteiger partial charge in [-0.05, 0) is 19.4 Å². The predicted molar refractivity (Wildman–Crippen MR) is 68.7 cm³/mol. The van der Waals surface area contributed by atoms with Gasteiger partial charge in [0.25, 0.3) is 0 Å². The van der Waals surface area contributed by atoms with Gasteiger partial charge in [-0.15, -0.1) is 0 Å². The number of rotatable bonds is 3. The van der Waals surface area contributed by atoms with Crippen molar-refractivity contribution in [1.82, 2.24) is 10.6 Å². The van der Waals surface area contributed by atoms with E-state index in [-0.39, 0.29) is 24.2 Å². The quantitative estimate of drug-likeness (QED) is 0.841. The van der Waals surface area contributed by atoms with Gasteiger partial charge in [0.05, 0.1) is 11.5 Å². The van der Waals surface area contributed by atoms with Crippen LogP contribution < -0.4 is 10.6 Å². The number of carbonyl (C=O) groups is 2. The molecule has 0 radical (unpaired) electrons. The fraction of sp³-hybridized carbons (Fsp3) is 0.429. The summed E-state index contributed by atoms with van der Waals surface area (Å²) < 4.78 is 0. The van der Waals surface area contributed by atoms with Crippen LogP contribution in [0.5, 0.6) is 0 Å². The lowest BCUT2D eigenvalue weighted by atomic mass is 9.93. The molecule has 1 fully saturated rings. The van der Waals surface area contributed by atoms with Gasteiger partial charge in [-0.1, -0.05) is 30.3 Å². The molecule has 96 valence electrons. The molecule has 2 rings (SSSR count). The highest BCUT2D eigenvalue weighted by molar-refractivity contribution is 5.89. The first-order valence-corrected chi connectivity index (χ1v) is 6.13. The lowest BCUT2D eigenvalue weighted by molar-refractivity contribution is -0.127. The van der Waals surface area contributed by atoms with Crippen molar-refractivity contribution >= 4 is 11.8 Å². The lowest BCUT2D eigenvalue weighted by Gasteiger charge is -2.28. The van der Waals surface area contributed by atoms with Crippen LogP contribution in [0.2, 0.25) is 0 Å². The molecule has 1 saturated heterocycles. The molecule has 4 heteroatoms. The zero-order chi connectivity index (χ0) is 13.2. The molecular formula is C14H18N2O2. The van der Waals surface area contributed by atoms with E-state index in [0.29, 0.717) is 6.54 Å². The summed E-state index contributed by atoms with van der Waals surface area (Å²) in [6.07, 6.45) is 0.288. The summed E-state index contributed by atoms with van der Waals surface area (Å²) >= 11 is 0. The van der Waals surface area contributed by atoms with E-state index in [1.807, 2.05) is 44.2 Å². The first-order chi connectivity index (χ1) is 8.49. The standard InChI is InChI=1S/C14H18N2O2/c1-14(2,11-6-4-3-5-7-11)16-13(18)10-8-12(17)15-9-10/h3-7,10H,8-9H2,1-2H3,(H,15,17)(H,16,18). The van der Waals surface area contributed by atoms with E-state index in [9.17, 15) is 9.59 Å². The Morgan fingerprint density at radius 3 is 2.56 bits per heavy atom. The number of benzene rings is 1. The van der Waals surface area contributed by atoms with Gasteiger partial charge in [-0.3, -0.25) is 9.59 Å². The fourth-order valence-corrected chi connectivity index (χ4v) is 2.13. The maximum absolute atomic E-state index is 12.1. The van der Waals surface area contributed by atoms with Crippen molar-refractivity contribution in [2.24, 2.45) is 5.92 Å². The number of hydrogen-bond acceptors (Lipinski definition) is 2. The second-order valence-corrected chi connectivity index (χ2v) is 5.19.